The molecule has 1 aromatic heterocycles. The van der Waals surface area contributed by atoms with E-state index in [1.54, 1.807) is 0 Å². The van der Waals surface area contributed by atoms with Crippen LogP contribution in [-0.2, 0) is 24.2 Å². The van der Waals surface area contributed by atoms with Crippen molar-refractivity contribution in [1.82, 2.24) is 9.47 Å². The van der Waals surface area contributed by atoms with E-state index in [4.69, 9.17) is 11.6 Å². The number of aryl methyl sites for hydroxylation is 1. The Bertz CT molecular complexity index is 1420. The van der Waals surface area contributed by atoms with Gasteiger partial charge in [0.2, 0.25) is 0 Å². The molecule has 0 atom stereocenters. The van der Waals surface area contributed by atoms with Gasteiger partial charge in [-0.05, 0) is 59.5 Å². The van der Waals surface area contributed by atoms with Crippen LogP contribution in [0, 0.1) is 0 Å². The predicted molar refractivity (Wildman–Crippen MR) is 145 cm³/mol. The van der Waals surface area contributed by atoms with Crippen molar-refractivity contribution in [3.63, 3.8) is 0 Å². The van der Waals surface area contributed by atoms with Crippen LogP contribution in [0.4, 0.5) is 4.79 Å². The number of para-hydroxylation sites is 1. The fourth-order valence-electron chi connectivity index (χ4n) is 4.50. The summed E-state index contributed by atoms with van der Waals surface area (Å²) in [5.41, 5.74) is 5.59. The number of fused-ring (bicyclic) bond motifs is 1. The fourth-order valence-corrected chi connectivity index (χ4v) is 5.48. The molecule has 0 N–H and O–H groups in total. The average Bonchev–Trinajstić information content (AvgIpc) is 3.35. The maximum Gasteiger partial charge on any atom is 0.293 e. The number of imide groups is 1. The van der Waals surface area contributed by atoms with Crippen LogP contribution < -0.4 is 0 Å². The molecule has 0 aliphatic carbocycles. The molecule has 0 spiro atoms. The second kappa shape index (κ2) is 10.1. The van der Waals surface area contributed by atoms with Crippen LogP contribution in [0.1, 0.15) is 29.2 Å². The van der Waals surface area contributed by atoms with Crippen molar-refractivity contribution in [2.24, 2.45) is 0 Å². The molecule has 1 aliphatic rings. The van der Waals surface area contributed by atoms with Crippen molar-refractivity contribution in [3.05, 3.63) is 111 Å². The highest BCUT2D eigenvalue weighted by molar-refractivity contribution is 8.18. The summed E-state index contributed by atoms with van der Waals surface area (Å²) in [6, 6.07) is 24.0. The summed E-state index contributed by atoms with van der Waals surface area (Å²) in [4.78, 5) is 27.6. The third-order valence-electron chi connectivity index (χ3n) is 6.29. The van der Waals surface area contributed by atoms with Crippen molar-refractivity contribution in [1.29, 1.82) is 0 Å². The largest absolute Gasteiger partial charge is 0.342 e. The lowest BCUT2D eigenvalue weighted by Gasteiger charge is -2.12. The number of thioether (sulfide) groups is 1. The van der Waals surface area contributed by atoms with E-state index in [9.17, 15) is 9.59 Å². The first-order valence-corrected chi connectivity index (χ1v) is 12.9. The summed E-state index contributed by atoms with van der Waals surface area (Å²) in [7, 11) is 0. The quantitative estimate of drug-likeness (QED) is 0.252. The number of hydrogen-bond donors (Lipinski definition) is 0. The Hall–Kier alpha value is -3.28. The van der Waals surface area contributed by atoms with E-state index in [0.717, 1.165) is 45.8 Å². The number of carbonyl (C=O) groups is 2. The lowest BCUT2D eigenvalue weighted by molar-refractivity contribution is -0.122. The van der Waals surface area contributed by atoms with Gasteiger partial charge in [-0.15, -0.1) is 0 Å². The van der Waals surface area contributed by atoms with E-state index in [0.29, 0.717) is 29.4 Å². The highest BCUT2D eigenvalue weighted by Crippen LogP contribution is 2.35. The van der Waals surface area contributed by atoms with Crippen molar-refractivity contribution in [3.8, 4) is 0 Å². The van der Waals surface area contributed by atoms with Gasteiger partial charge in [0.1, 0.15) is 0 Å². The zero-order valence-corrected chi connectivity index (χ0v) is 21.0. The highest BCUT2D eigenvalue weighted by atomic mass is 35.5. The van der Waals surface area contributed by atoms with Crippen LogP contribution in [0.3, 0.4) is 0 Å². The molecule has 0 bridgehead atoms. The van der Waals surface area contributed by atoms with Gasteiger partial charge >= 0.3 is 0 Å². The molecular weight excluding hydrogens is 476 g/mol. The molecule has 0 saturated carbocycles. The molecule has 2 heterocycles. The molecule has 1 fully saturated rings. The van der Waals surface area contributed by atoms with Gasteiger partial charge in [-0.25, -0.2) is 0 Å². The Morgan fingerprint density at radius 1 is 0.914 bits per heavy atom. The van der Waals surface area contributed by atoms with Gasteiger partial charge in [0, 0.05) is 35.3 Å². The summed E-state index contributed by atoms with van der Waals surface area (Å²) >= 11 is 7.09. The Labute approximate surface area is 214 Å². The van der Waals surface area contributed by atoms with E-state index in [1.807, 2.05) is 60.7 Å². The number of rotatable bonds is 7. The van der Waals surface area contributed by atoms with Gasteiger partial charge in [-0.2, -0.15) is 0 Å². The average molecular weight is 501 g/mol. The number of nitrogens with zero attached hydrogens (tertiary/aromatic N) is 2. The van der Waals surface area contributed by atoms with Crippen LogP contribution in [0.25, 0.3) is 17.0 Å². The number of amides is 2. The first-order chi connectivity index (χ1) is 17.0. The molecular formula is C29H25ClN2O2S. The van der Waals surface area contributed by atoms with Crippen LogP contribution in [0.5, 0.6) is 0 Å². The molecule has 1 aliphatic heterocycles. The van der Waals surface area contributed by atoms with Gasteiger partial charge in [0.05, 0.1) is 10.4 Å². The zero-order valence-electron chi connectivity index (χ0n) is 19.4. The smallest absolute Gasteiger partial charge is 0.293 e. The summed E-state index contributed by atoms with van der Waals surface area (Å²) in [5, 5.41) is 1.58. The van der Waals surface area contributed by atoms with Gasteiger partial charge in [0.15, 0.2) is 0 Å². The Morgan fingerprint density at radius 3 is 2.43 bits per heavy atom. The molecule has 3 aromatic carbocycles. The minimum absolute atomic E-state index is 0.212. The molecule has 4 nitrogen and oxygen atoms in total. The molecule has 6 heteroatoms. The molecule has 1 saturated heterocycles. The molecule has 2 amide bonds. The topological polar surface area (TPSA) is 42.3 Å². The monoisotopic (exact) mass is 500 g/mol. The Kier molecular flexibility index (Phi) is 6.80. The van der Waals surface area contributed by atoms with E-state index < -0.39 is 0 Å². The normalized spacial score (nSPS) is 15.0. The fraction of sp³-hybridized carbons (Fsp3) is 0.172. The van der Waals surface area contributed by atoms with E-state index in [1.165, 1.54) is 10.5 Å². The van der Waals surface area contributed by atoms with Crippen LogP contribution in [0.2, 0.25) is 5.02 Å². The first-order valence-electron chi connectivity index (χ1n) is 11.7. The van der Waals surface area contributed by atoms with Crippen LogP contribution >= 0.6 is 23.4 Å². The third kappa shape index (κ3) is 4.93. The summed E-state index contributed by atoms with van der Waals surface area (Å²) in [5.74, 6) is -0.221. The van der Waals surface area contributed by atoms with Gasteiger partial charge < -0.3 is 4.57 Å². The lowest BCUT2D eigenvalue weighted by atomic mass is 10.1. The molecule has 5 rings (SSSR count). The number of aromatic nitrogens is 1. The number of carbonyl (C=O) groups excluding carboxylic acids is 2. The Morgan fingerprint density at radius 2 is 1.69 bits per heavy atom. The summed E-state index contributed by atoms with van der Waals surface area (Å²) in [6.07, 6.45) is 5.49. The Balaban J connectivity index is 1.46. The van der Waals surface area contributed by atoms with E-state index in [2.05, 4.69) is 35.9 Å². The first kappa shape index (κ1) is 23.5. The number of benzene rings is 3. The SMILES string of the molecule is CCc1cccc2c(/C=C3\SC(=O)N(CCc4ccccc4)C3=O)cn(Cc3ccc(Cl)cc3)c12. The predicted octanol–water partition coefficient (Wildman–Crippen LogP) is 7.18. The highest BCUT2D eigenvalue weighted by Gasteiger charge is 2.34. The van der Waals surface area contributed by atoms with Crippen LogP contribution in [0.15, 0.2) is 83.9 Å². The minimum atomic E-state index is -0.221. The molecule has 0 radical (unpaired) electrons. The number of halogens is 1. The second-order valence-corrected chi connectivity index (χ2v) is 10.0. The molecule has 176 valence electrons. The van der Waals surface area contributed by atoms with E-state index in [-0.39, 0.29) is 11.1 Å². The third-order valence-corrected chi connectivity index (χ3v) is 7.45. The zero-order chi connectivity index (χ0) is 24.4. The lowest BCUT2D eigenvalue weighted by Crippen LogP contribution is -2.30. The standard InChI is InChI=1S/C29H25ClN2O2S/c1-2-22-9-6-10-25-23(19-31(27(22)25)18-21-11-13-24(30)14-12-21)17-26-28(33)32(29(34)35-26)16-15-20-7-4-3-5-8-20/h3-14,17,19H,2,15-16,18H2,1H3/b26-17-. The van der Waals surface area contributed by atoms with E-state index >= 15 is 0 Å². The molecule has 35 heavy (non-hydrogen) atoms. The summed E-state index contributed by atoms with van der Waals surface area (Å²) < 4.78 is 2.23. The van der Waals surface area contributed by atoms with Gasteiger partial charge in [0.25, 0.3) is 11.1 Å². The second-order valence-electron chi connectivity index (χ2n) is 8.57. The van der Waals surface area contributed by atoms with Crippen molar-refractivity contribution in [2.75, 3.05) is 6.54 Å². The van der Waals surface area contributed by atoms with Crippen molar-refractivity contribution in [2.45, 2.75) is 26.3 Å². The van der Waals surface area contributed by atoms with Gasteiger partial charge in [-0.1, -0.05) is 79.2 Å². The molecule has 0 unspecified atom stereocenters. The maximum atomic E-state index is 13.1. The van der Waals surface area contributed by atoms with Crippen LogP contribution in [-0.4, -0.2) is 27.2 Å². The van der Waals surface area contributed by atoms with Gasteiger partial charge in [-0.3, -0.25) is 14.5 Å². The maximum absolute atomic E-state index is 13.1. The minimum Gasteiger partial charge on any atom is -0.342 e. The molecule has 4 aromatic rings. The van der Waals surface area contributed by atoms with Crippen molar-refractivity contribution >= 4 is 51.5 Å². The number of hydrogen-bond acceptors (Lipinski definition) is 3. The van der Waals surface area contributed by atoms with Crippen molar-refractivity contribution < 1.29 is 9.59 Å². The summed E-state index contributed by atoms with van der Waals surface area (Å²) in [6.45, 7) is 3.22.